The molecule has 0 bridgehead atoms. The highest BCUT2D eigenvalue weighted by molar-refractivity contribution is 5.53. The lowest BCUT2D eigenvalue weighted by Gasteiger charge is -2.16. The lowest BCUT2D eigenvalue weighted by molar-refractivity contribution is 0.185. The van der Waals surface area contributed by atoms with E-state index in [-0.39, 0.29) is 6.04 Å². The van der Waals surface area contributed by atoms with Gasteiger partial charge < -0.3 is 10.1 Å². The largest absolute Gasteiger partial charge is 0.380 e. The molecule has 2 aromatic carbocycles. The van der Waals surface area contributed by atoms with Crippen molar-refractivity contribution in [2.75, 3.05) is 12.4 Å². The van der Waals surface area contributed by atoms with Crippen molar-refractivity contribution in [2.45, 2.75) is 19.6 Å². The molecule has 0 heterocycles. The van der Waals surface area contributed by atoms with Crippen molar-refractivity contribution < 1.29 is 4.74 Å². The van der Waals surface area contributed by atoms with Gasteiger partial charge in [0.25, 0.3) is 0 Å². The van der Waals surface area contributed by atoms with E-state index in [9.17, 15) is 5.26 Å². The topological polar surface area (TPSA) is 45.0 Å². The van der Waals surface area contributed by atoms with E-state index in [0.29, 0.717) is 6.61 Å². The monoisotopic (exact) mass is 266 g/mol. The molecule has 0 radical (unpaired) electrons. The van der Waals surface area contributed by atoms with Gasteiger partial charge in [-0.1, -0.05) is 42.5 Å². The molecule has 0 aromatic heterocycles. The van der Waals surface area contributed by atoms with Gasteiger partial charge in [0.15, 0.2) is 0 Å². The van der Waals surface area contributed by atoms with E-state index in [1.165, 1.54) is 0 Å². The number of nitriles is 1. The number of benzene rings is 2. The van der Waals surface area contributed by atoms with Gasteiger partial charge >= 0.3 is 0 Å². The minimum Gasteiger partial charge on any atom is -0.380 e. The molecule has 20 heavy (non-hydrogen) atoms. The zero-order chi connectivity index (χ0) is 14.4. The highest BCUT2D eigenvalue weighted by Gasteiger charge is 2.11. The smallest absolute Gasteiger partial charge is 0.140 e. The molecule has 0 saturated heterocycles. The molecule has 1 N–H and O–H groups in total. The molecule has 0 amide bonds. The highest BCUT2D eigenvalue weighted by Crippen LogP contribution is 2.22. The second-order valence-corrected chi connectivity index (χ2v) is 4.70. The van der Waals surface area contributed by atoms with Crippen LogP contribution in [0.25, 0.3) is 0 Å². The molecule has 2 rings (SSSR count). The predicted octanol–water partition coefficient (Wildman–Crippen LogP) is 3.82. The molecule has 1 unspecified atom stereocenters. The van der Waals surface area contributed by atoms with Crippen molar-refractivity contribution in [3.8, 4) is 6.07 Å². The number of nitrogens with zero attached hydrogens (tertiary/aromatic N) is 1. The molecule has 1 atom stereocenters. The van der Waals surface area contributed by atoms with Crippen LogP contribution >= 0.6 is 0 Å². The second kappa shape index (κ2) is 6.74. The van der Waals surface area contributed by atoms with Crippen molar-refractivity contribution in [1.82, 2.24) is 0 Å². The average molecular weight is 266 g/mol. The number of nitrogens with one attached hydrogen (secondary N) is 1. The van der Waals surface area contributed by atoms with Gasteiger partial charge in [-0.3, -0.25) is 0 Å². The third-order valence-electron chi connectivity index (χ3n) is 3.17. The SMILES string of the molecule is COCc1cccc(C(C#N)Nc2ccccc2C)c1. The van der Waals surface area contributed by atoms with Crippen LogP contribution in [0.5, 0.6) is 0 Å². The fourth-order valence-corrected chi connectivity index (χ4v) is 2.11. The third kappa shape index (κ3) is 3.37. The van der Waals surface area contributed by atoms with Gasteiger partial charge in [-0.05, 0) is 29.7 Å². The molecular formula is C17H18N2O. The van der Waals surface area contributed by atoms with Gasteiger partial charge in [0.05, 0.1) is 12.7 Å². The van der Waals surface area contributed by atoms with Gasteiger partial charge in [-0.25, -0.2) is 0 Å². The van der Waals surface area contributed by atoms with E-state index in [1.54, 1.807) is 7.11 Å². The van der Waals surface area contributed by atoms with Crippen molar-refractivity contribution in [2.24, 2.45) is 0 Å². The van der Waals surface area contributed by atoms with E-state index in [0.717, 1.165) is 22.4 Å². The summed E-state index contributed by atoms with van der Waals surface area (Å²) in [6.45, 7) is 2.58. The van der Waals surface area contributed by atoms with Crippen LogP contribution in [-0.4, -0.2) is 7.11 Å². The number of rotatable bonds is 5. The Labute approximate surface area is 119 Å². The Kier molecular flexibility index (Phi) is 4.75. The Morgan fingerprint density at radius 2 is 2.00 bits per heavy atom. The maximum absolute atomic E-state index is 9.41. The lowest BCUT2D eigenvalue weighted by atomic mass is 10.0. The van der Waals surface area contributed by atoms with E-state index >= 15 is 0 Å². The summed E-state index contributed by atoms with van der Waals surface area (Å²) in [5.74, 6) is 0. The van der Waals surface area contributed by atoms with Crippen LogP contribution in [0.2, 0.25) is 0 Å². The van der Waals surface area contributed by atoms with Crippen molar-refractivity contribution in [3.63, 3.8) is 0 Å². The number of methoxy groups -OCH3 is 1. The first-order valence-corrected chi connectivity index (χ1v) is 6.54. The Bertz CT molecular complexity index is 616. The number of hydrogen-bond donors (Lipinski definition) is 1. The summed E-state index contributed by atoms with van der Waals surface area (Å²) in [6.07, 6.45) is 0. The summed E-state index contributed by atoms with van der Waals surface area (Å²) in [7, 11) is 1.67. The summed E-state index contributed by atoms with van der Waals surface area (Å²) >= 11 is 0. The maximum Gasteiger partial charge on any atom is 0.140 e. The first-order chi connectivity index (χ1) is 9.74. The number of para-hydroxylation sites is 1. The summed E-state index contributed by atoms with van der Waals surface area (Å²) in [4.78, 5) is 0. The van der Waals surface area contributed by atoms with Gasteiger partial charge in [-0.15, -0.1) is 0 Å². The minimum atomic E-state index is -0.368. The van der Waals surface area contributed by atoms with Crippen molar-refractivity contribution in [3.05, 3.63) is 65.2 Å². The number of aryl methyl sites for hydroxylation is 1. The van der Waals surface area contributed by atoms with Crippen LogP contribution in [0, 0.1) is 18.3 Å². The third-order valence-corrected chi connectivity index (χ3v) is 3.17. The Morgan fingerprint density at radius 1 is 1.20 bits per heavy atom. The van der Waals surface area contributed by atoms with Crippen LogP contribution < -0.4 is 5.32 Å². The molecule has 0 spiro atoms. The fraction of sp³-hybridized carbons (Fsp3) is 0.235. The fourth-order valence-electron chi connectivity index (χ4n) is 2.11. The number of anilines is 1. The van der Waals surface area contributed by atoms with Crippen LogP contribution in [0.1, 0.15) is 22.7 Å². The Hall–Kier alpha value is -2.31. The van der Waals surface area contributed by atoms with Crippen LogP contribution in [0.4, 0.5) is 5.69 Å². The number of ether oxygens (including phenoxy) is 1. The van der Waals surface area contributed by atoms with Crippen LogP contribution in [-0.2, 0) is 11.3 Å². The first-order valence-electron chi connectivity index (χ1n) is 6.54. The second-order valence-electron chi connectivity index (χ2n) is 4.70. The average Bonchev–Trinajstić information content (AvgIpc) is 2.47. The number of hydrogen-bond acceptors (Lipinski definition) is 3. The Morgan fingerprint density at radius 3 is 2.70 bits per heavy atom. The molecule has 0 aliphatic carbocycles. The highest BCUT2D eigenvalue weighted by atomic mass is 16.5. The Balaban J connectivity index is 2.23. The molecule has 0 aliphatic heterocycles. The first kappa shape index (κ1) is 14.1. The van der Waals surface area contributed by atoms with Gasteiger partial charge in [0.2, 0.25) is 0 Å². The molecular weight excluding hydrogens is 248 g/mol. The normalized spacial score (nSPS) is 11.7. The maximum atomic E-state index is 9.41. The van der Waals surface area contributed by atoms with Crippen molar-refractivity contribution in [1.29, 1.82) is 5.26 Å². The van der Waals surface area contributed by atoms with E-state index in [2.05, 4.69) is 11.4 Å². The standard InChI is InChI=1S/C17H18N2O/c1-13-6-3-4-9-16(13)19-17(11-18)15-8-5-7-14(10-15)12-20-2/h3-10,17,19H,12H2,1-2H3. The van der Waals surface area contributed by atoms with Crippen molar-refractivity contribution >= 4 is 5.69 Å². The van der Waals surface area contributed by atoms with Gasteiger partial charge in [0, 0.05) is 12.8 Å². The zero-order valence-corrected chi connectivity index (χ0v) is 11.8. The van der Waals surface area contributed by atoms with E-state index < -0.39 is 0 Å². The lowest BCUT2D eigenvalue weighted by Crippen LogP contribution is -2.09. The molecule has 3 heteroatoms. The molecule has 3 nitrogen and oxygen atoms in total. The van der Waals surface area contributed by atoms with Gasteiger partial charge in [0.1, 0.15) is 6.04 Å². The summed E-state index contributed by atoms with van der Waals surface area (Å²) in [5, 5.41) is 12.7. The van der Waals surface area contributed by atoms with Crippen LogP contribution in [0.15, 0.2) is 48.5 Å². The summed E-state index contributed by atoms with van der Waals surface area (Å²) in [5.41, 5.74) is 4.12. The summed E-state index contributed by atoms with van der Waals surface area (Å²) in [6, 6.07) is 17.8. The molecule has 102 valence electrons. The summed E-state index contributed by atoms with van der Waals surface area (Å²) < 4.78 is 5.13. The molecule has 0 aliphatic rings. The molecule has 0 saturated carbocycles. The van der Waals surface area contributed by atoms with Gasteiger partial charge in [-0.2, -0.15) is 5.26 Å². The minimum absolute atomic E-state index is 0.368. The quantitative estimate of drug-likeness (QED) is 0.894. The molecule has 2 aromatic rings. The molecule has 0 fully saturated rings. The van der Waals surface area contributed by atoms with Crippen LogP contribution in [0.3, 0.4) is 0 Å². The predicted molar refractivity (Wildman–Crippen MR) is 80.3 cm³/mol. The van der Waals surface area contributed by atoms with E-state index in [1.807, 2.05) is 55.5 Å². The zero-order valence-electron chi connectivity index (χ0n) is 11.8. The van der Waals surface area contributed by atoms with E-state index in [4.69, 9.17) is 4.74 Å².